The van der Waals surface area contributed by atoms with E-state index >= 15 is 0 Å². The largest absolute Gasteiger partial charge is 0.363 e. The minimum atomic E-state index is 0.469. The first kappa shape index (κ1) is 14.2. The van der Waals surface area contributed by atoms with Gasteiger partial charge in [-0.3, -0.25) is 4.98 Å². The van der Waals surface area contributed by atoms with E-state index in [4.69, 9.17) is 4.98 Å². The highest BCUT2D eigenvalue weighted by molar-refractivity contribution is 7.08. The zero-order chi connectivity index (χ0) is 14.9. The Kier molecular flexibility index (Phi) is 3.89. The van der Waals surface area contributed by atoms with E-state index in [1.807, 2.05) is 7.05 Å². The van der Waals surface area contributed by atoms with Crippen LogP contribution in [-0.2, 0) is 6.42 Å². The number of fused-ring (bicyclic) bond motifs is 1. The maximum absolute atomic E-state index is 4.76. The van der Waals surface area contributed by atoms with Gasteiger partial charge in [-0.05, 0) is 72.8 Å². The molecule has 0 aromatic carbocycles. The van der Waals surface area contributed by atoms with Crippen LogP contribution in [-0.4, -0.2) is 25.1 Å². The van der Waals surface area contributed by atoms with E-state index in [9.17, 15) is 0 Å². The lowest BCUT2D eigenvalue weighted by Crippen LogP contribution is -2.29. The van der Waals surface area contributed by atoms with E-state index in [-0.39, 0.29) is 0 Å². The summed E-state index contributed by atoms with van der Waals surface area (Å²) in [4.78, 5) is 7.35. The second-order valence-electron chi connectivity index (χ2n) is 6.42. The van der Waals surface area contributed by atoms with Crippen LogP contribution in [0.3, 0.4) is 0 Å². The highest BCUT2D eigenvalue weighted by Crippen LogP contribution is 2.43. The molecule has 0 spiro atoms. The molecular formula is C18H23N3S. The molecule has 1 atom stereocenters. The first-order valence-electron chi connectivity index (χ1n) is 8.29. The van der Waals surface area contributed by atoms with Crippen molar-refractivity contribution in [3.8, 4) is 0 Å². The maximum Gasteiger partial charge on any atom is 0.0654 e. The summed E-state index contributed by atoms with van der Waals surface area (Å²) < 4.78 is 0. The SMILES string of the molecule is CNCC[C@H](c1ccsc1)N1CCc2ncc(C3CC3)cc21. The molecule has 2 aromatic rings. The van der Waals surface area contributed by atoms with Crippen LogP contribution in [0.15, 0.2) is 29.1 Å². The fourth-order valence-corrected chi connectivity index (χ4v) is 4.20. The zero-order valence-electron chi connectivity index (χ0n) is 13.1. The van der Waals surface area contributed by atoms with E-state index in [0.29, 0.717) is 6.04 Å². The fraction of sp³-hybridized carbons (Fsp3) is 0.500. The number of pyridine rings is 1. The molecule has 3 heterocycles. The lowest BCUT2D eigenvalue weighted by atomic mass is 10.0. The second-order valence-corrected chi connectivity index (χ2v) is 7.20. The van der Waals surface area contributed by atoms with Crippen molar-refractivity contribution >= 4 is 17.0 Å². The summed E-state index contributed by atoms with van der Waals surface area (Å²) in [5, 5.41) is 7.80. The average molecular weight is 313 g/mol. The molecule has 0 bridgehead atoms. The van der Waals surface area contributed by atoms with Crippen LogP contribution in [0, 0.1) is 0 Å². The molecule has 3 nitrogen and oxygen atoms in total. The first-order chi connectivity index (χ1) is 10.9. The molecule has 2 aromatic heterocycles. The van der Waals surface area contributed by atoms with E-state index < -0.39 is 0 Å². The minimum absolute atomic E-state index is 0.469. The van der Waals surface area contributed by atoms with Gasteiger partial charge < -0.3 is 10.2 Å². The van der Waals surface area contributed by atoms with Crippen molar-refractivity contribution in [2.75, 3.05) is 25.0 Å². The minimum Gasteiger partial charge on any atom is -0.363 e. The Hall–Kier alpha value is -1.39. The summed E-state index contributed by atoms with van der Waals surface area (Å²) in [5.74, 6) is 0.775. The molecule has 1 fully saturated rings. The monoisotopic (exact) mass is 313 g/mol. The van der Waals surface area contributed by atoms with Gasteiger partial charge in [0.2, 0.25) is 0 Å². The van der Waals surface area contributed by atoms with Crippen LogP contribution in [0.25, 0.3) is 0 Å². The Morgan fingerprint density at radius 1 is 1.45 bits per heavy atom. The molecule has 4 rings (SSSR count). The highest BCUT2D eigenvalue weighted by Gasteiger charge is 2.31. The van der Waals surface area contributed by atoms with Gasteiger partial charge in [0.25, 0.3) is 0 Å². The van der Waals surface area contributed by atoms with Crippen molar-refractivity contribution in [2.24, 2.45) is 0 Å². The van der Waals surface area contributed by atoms with E-state index in [1.165, 1.54) is 35.3 Å². The number of hydrogen-bond donors (Lipinski definition) is 1. The molecule has 1 aliphatic heterocycles. The van der Waals surface area contributed by atoms with Crippen molar-refractivity contribution in [3.63, 3.8) is 0 Å². The van der Waals surface area contributed by atoms with E-state index in [2.05, 4.69) is 39.3 Å². The fourth-order valence-electron chi connectivity index (χ4n) is 3.50. The van der Waals surface area contributed by atoms with Gasteiger partial charge >= 0.3 is 0 Å². The predicted molar refractivity (Wildman–Crippen MR) is 92.9 cm³/mol. The quantitative estimate of drug-likeness (QED) is 0.880. The number of thiophene rings is 1. The molecule has 1 aliphatic carbocycles. The number of nitrogens with one attached hydrogen (secondary N) is 1. The normalized spacial score (nSPS) is 18.5. The zero-order valence-corrected chi connectivity index (χ0v) is 13.9. The van der Waals surface area contributed by atoms with Gasteiger partial charge in [0, 0.05) is 19.2 Å². The van der Waals surface area contributed by atoms with Gasteiger partial charge in [-0.25, -0.2) is 0 Å². The molecule has 0 unspecified atom stereocenters. The molecule has 0 saturated heterocycles. The van der Waals surface area contributed by atoms with Crippen molar-refractivity contribution in [1.29, 1.82) is 0 Å². The van der Waals surface area contributed by atoms with Gasteiger partial charge in [0.15, 0.2) is 0 Å². The lowest BCUT2D eigenvalue weighted by Gasteiger charge is -2.30. The molecule has 0 radical (unpaired) electrons. The Balaban J connectivity index is 1.65. The van der Waals surface area contributed by atoms with Gasteiger partial charge in [-0.1, -0.05) is 0 Å². The van der Waals surface area contributed by atoms with Crippen LogP contribution >= 0.6 is 11.3 Å². The number of aromatic nitrogens is 1. The predicted octanol–water partition coefficient (Wildman–Crippen LogP) is 3.73. The molecule has 2 aliphatic rings. The smallest absolute Gasteiger partial charge is 0.0654 e. The van der Waals surface area contributed by atoms with Crippen LogP contribution in [0.1, 0.15) is 48.0 Å². The molecule has 1 N–H and O–H groups in total. The summed E-state index contributed by atoms with van der Waals surface area (Å²) in [6.45, 7) is 2.14. The summed E-state index contributed by atoms with van der Waals surface area (Å²) in [6, 6.07) is 5.17. The van der Waals surface area contributed by atoms with Gasteiger partial charge in [-0.2, -0.15) is 11.3 Å². The lowest BCUT2D eigenvalue weighted by molar-refractivity contribution is 0.570. The van der Waals surface area contributed by atoms with Crippen molar-refractivity contribution in [1.82, 2.24) is 10.3 Å². The van der Waals surface area contributed by atoms with Crippen LogP contribution in [0.5, 0.6) is 0 Å². The number of rotatable bonds is 6. The molecular weight excluding hydrogens is 290 g/mol. The third kappa shape index (κ3) is 2.66. The third-order valence-corrected chi connectivity index (χ3v) is 5.59. The third-order valence-electron chi connectivity index (χ3n) is 4.89. The Morgan fingerprint density at radius 2 is 2.36 bits per heavy atom. The van der Waals surface area contributed by atoms with E-state index in [0.717, 1.165) is 31.8 Å². The molecule has 1 saturated carbocycles. The van der Waals surface area contributed by atoms with E-state index in [1.54, 1.807) is 11.3 Å². The standard InChI is InChI=1S/C18H23N3S/c1-19-7-4-17(14-6-9-22-12-14)21-8-5-16-18(21)10-15(11-20-16)13-2-3-13/h6,9-13,17,19H,2-5,7-8H2,1H3/t17-/m1/s1. The summed E-state index contributed by atoms with van der Waals surface area (Å²) >= 11 is 1.80. The Bertz CT molecular complexity index is 634. The van der Waals surface area contributed by atoms with Crippen molar-refractivity contribution in [3.05, 3.63) is 45.9 Å². The van der Waals surface area contributed by atoms with Crippen LogP contribution in [0.4, 0.5) is 5.69 Å². The Labute approximate surface area is 136 Å². The molecule has 22 heavy (non-hydrogen) atoms. The van der Waals surface area contributed by atoms with Crippen molar-refractivity contribution in [2.45, 2.75) is 37.6 Å². The van der Waals surface area contributed by atoms with Crippen molar-refractivity contribution < 1.29 is 0 Å². The average Bonchev–Trinajstić information content (AvgIpc) is 3.09. The molecule has 116 valence electrons. The molecule has 4 heteroatoms. The number of anilines is 1. The highest BCUT2D eigenvalue weighted by atomic mass is 32.1. The second kappa shape index (κ2) is 6.01. The van der Waals surface area contributed by atoms with Crippen LogP contribution < -0.4 is 10.2 Å². The first-order valence-corrected chi connectivity index (χ1v) is 9.23. The summed E-state index contributed by atoms with van der Waals surface area (Å²) in [5.41, 5.74) is 5.57. The topological polar surface area (TPSA) is 28.2 Å². The molecule has 0 amide bonds. The van der Waals surface area contributed by atoms with Gasteiger partial charge in [-0.15, -0.1) is 0 Å². The van der Waals surface area contributed by atoms with Crippen LogP contribution in [0.2, 0.25) is 0 Å². The number of nitrogens with zero attached hydrogens (tertiary/aromatic N) is 2. The number of hydrogen-bond acceptors (Lipinski definition) is 4. The Morgan fingerprint density at radius 3 is 3.09 bits per heavy atom. The van der Waals surface area contributed by atoms with Gasteiger partial charge in [0.05, 0.1) is 17.4 Å². The van der Waals surface area contributed by atoms with Gasteiger partial charge in [0.1, 0.15) is 0 Å². The summed E-state index contributed by atoms with van der Waals surface area (Å²) in [7, 11) is 2.04. The summed E-state index contributed by atoms with van der Waals surface area (Å²) in [6.07, 6.45) is 7.02. The maximum atomic E-state index is 4.76.